The number of rotatable bonds is 6. The molecule has 0 saturated carbocycles. The zero-order valence-electron chi connectivity index (χ0n) is 11.7. The number of benzene rings is 1. The summed E-state index contributed by atoms with van der Waals surface area (Å²) in [4.78, 5) is 2.50. The predicted octanol–water partition coefficient (Wildman–Crippen LogP) is 3.78. The van der Waals surface area contributed by atoms with Crippen LogP contribution in [0, 0.1) is 0 Å². The van der Waals surface area contributed by atoms with Crippen molar-refractivity contribution < 1.29 is 0 Å². The third-order valence-electron chi connectivity index (χ3n) is 3.36. The summed E-state index contributed by atoms with van der Waals surface area (Å²) in [5.41, 5.74) is 9.32. The van der Waals surface area contributed by atoms with Gasteiger partial charge in [0.05, 0.1) is 0 Å². The van der Waals surface area contributed by atoms with E-state index in [9.17, 15) is 0 Å². The van der Waals surface area contributed by atoms with Crippen molar-refractivity contribution in [2.75, 3.05) is 12.3 Å². The van der Waals surface area contributed by atoms with Gasteiger partial charge < -0.3 is 5.73 Å². The van der Waals surface area contributed by atoms with E-state index in [1.54, 1.807) is 11.3 Å². The van der Waals surface area contributed by atoms with Crippen LogP contribution in [0.5, 0.6) is 0 Å². The molecule has 2 aromatic rings. The largest absolute Gasteiger partial charge is 0.399 e. The van der Waals surface area contributed by atoms with Gasteiger partial charge in [-0.25, -0.2) is 0 Å². The van der Waals surface area contributed by atoms with Crippen molar-refractivity contribution in [3.8, 4) is 0 Å². The first-order chi connectivity index (χ1) is 9.15. The molecule has 1 heterocycles. The molecule has 2 nitrogen and oxygen atoms in total. The van der Waals surface area contributed by atoms with Gasteiger partial charge in [0.1, 0.15) is 0 Å². The van der Waals surface area contributed by atoms with E-state index in [4.69, 9.17) is 5.73 Å². The van der Waals surface area contributed by atoms with E-state index < -0.39 is 0 Å². The highest BCUT2D eigenvalue weighted by molar-refractivity contribution is 7.07. The van der Waals surface area contributed by atoms with E-state index in [2.05, 4.69) is 47.7 Å². The Morgan fingerprint density at radius 1 is 1.11 bits per heavy atom. The fourth-order valence-corrected chi connectivity index (χ4v) is 2.79. The van der Waals surface area contributed by atoms with E-state index in [1.165, 1.54) is 11.1 Å². The Kier molecular flexibility index (Phi) is 5.00. The number of hydrogen-bond donors (Lipinski definition) is 1. The van der Waals surface area contributed by atoms with Gasteiger partial charge in [-0.05, 0) is 60.4 Å². The van der Waals surface area contributed by atoms with Crippen molar-refractivity contribution >= 4 is 17.0 Å². The standard InChI is InChI=1S/C16H22N2S/c1-13(2)18(9-7-15-8-10-19-12-15)11-14-3-5-16(17)6-4-14/h3-6,8,10,12-13H,7,9,11,17H2,1-2H3. The molecule has 0 atom stereocenters. The van der Waals surface area contributed by atoms with Gasteiger partial charge in [0, 0.05) is 24.8 Å². The summed E-state index contributed by atoms with van der Waals surface area (Å²) in [7, 11) is 0. The highest BCUT2D eigenvalue weighted by atomic mass is 32.1. The van der Waals surface area contributed by atoms with E-state index >= 15 is 0 Å². The van der Waals surface area contributed by atoms with Gasteiger partial charge in [0.15, 0.2) is 0 Å². The average Bonchev–Trinajstić information content (AvgIpc) is 2.89. The second kappa shape index (κ2) is 6.73. The Balaban J connectivity index is 1.94. The second-order valence-corrected chi connectivity index (χ2v) is 5.97. The highest BCUT2D eigenvalue weighted by Crippen LogP contribution is 2.13. The predicted molar refractivity (Wildman–Crippen MR) is 84.4 cm³/mol. The van der Waals surface area contributed by atoms with Crippen LogP contribution in [0.2, 0.25) is 0 Å². The minimum Gasteiger partial charge on any atom is -0.399 e. The fourth-order valence-electron chi connectivity index (χ4n) is 2.08. The molecule has 0 radical (unpaired) electrons. The molecule has 2 N–H and O–H groups in total. The summed E-state index contributed by atoms with van der Waals surface area (Å²) in [6.45, 7) is 6.59. The van der Waals surface area contributed by atoms with E-state index in [0.29, 0.717) is 6.04 Å². The van der Waals surface area contributed by atoms with Crippen molar-refractivity contribution in [2.24, 2.45) is 0 Å². The van der Waals surface area contributed by atoms with Gasteiger partial charge in [-0.3, -0.25) is 4.90 Å². The van der Waals surface area contributed by atoms with Crippen LogP contribution < -0.4 is 5.73 Å². The summed E-state index contributed by atoms with van der Waals surface area (Å²) < 4.78 is 0. The lowest BCUT2D eigenvalue weighted by Gasteiger charge is -2.26. The lowest BCUT2D eigenvalue weighted by atomic mass is 10.1. The first kappa shape index (κ1) is 14.1. The van der Waals surface area contributed by atoms with Crippen LogP contribution in [-0.2, 0) is 13.0 Å². The van der Waals surface area contributed by atoms with E-state index in [1.807, 2.05) is 12.1 Å². The van der Waals surface area contributed by atoms with Gasteiger partial charge in [0.25, 0.3) is 0 Å². The second-order valence-electron chi connectivity index (χ2n) is 5.19. The molecule has 3 heteroatoms. The van der Waals surface area contributed by atoms with Gasteiger partial charge >= 0.3 is 0 Å². The van der Waals surface area contributed by atoms with Crippen molar-refractivity contribution in [1.29, 1.82) is 0 Å². The minimum atomic E-state index is 0.552. The molecule has 0 amide bonds. The van der Waals surface area contributed by atoms with Crippen LogP contribution in [0.4, 0.5) is 5.69 Å². The zero-order chi connectivity index (χ0) is 13.7. The number of nitrogen functional groups attached to an aromatic ring is 1. The maximum absolute atomic E-state index is 5.73. The molecular weight excluding hydrogens is 252 g/mol. The molecule has 0 aliphatic heterocycles. The Labute approximate surface area is 119 Å². The summed E-state index contributed by atoms with van der Waals surface area (Å²) in [5.74, 6) is 0. The molecule has 0 spiro atoms. The first-order valence-electron chi connectivity index (χ1n) is 6.74. The number of thiophene rings is 1. The number of nitrogens with zero attached hydrogens (tertiary/aromatic N) is 1. The topological polar surface area (TPSA) is 29.3 Å². The van der Waals surface area contributed by atoms with Crippen molar-refractivity contribution in [1.82, 2.24) is 4.90 Å². The van der Waals surface area contributed by atoms with Gasteiger partial charge in [0.2, 0.25) is 0 Å². The molecule has 1 aromatic heterocycles. The number of nitrogens with two attached hydrogens (primary N) is 1. The molecule has 0 fully saturated rings. The lowest BCUT2D eigenvalue weighted by molar-refractivity contribution is 0.215. The Morgan fingerprint density at radius 3 is 2.42 bits per heavy atom. The van der Waals surface area contributed by atoms with Crippen LogP contribution in [-0.4, -0.2) is 17.5 Å². The summed E-state index contributed by atoms with van der Waals surface area (Å²) in [5, 5.41) is 4.39. The minimum absolute atomic E-state index is 0.552. The fraction of sp³-hybridized carbons (Fsp3) is 0.375. The third kappa shape index (κ3) is 4.37. The summed E-state index contributed by atoms with van der Waals surface area (Å²) in [6.07, 6.45) is 1.12. The van der Waals surface area contributed by atoms with Crippen LogP contribution in [0.1, 0.15) is 25.0 Å². The molecule has 2 rings (SSSR count). The molecule has 19 heavy (non-hydrogen) atoms. The Morgan fingerprint density at radius 2 is 1.84 bits per heavy atom. The monoisotopic (exact) mass is 274 g/mol. The maximum atomic E-state index is 5.73. The van der Waals surface area contributed by atoms with Crippen LogP contribution in [0.25, 0.3) is 0 Å². The Bertz CT molecular complexity index is 474. The van der Waals surface area contributed by atoms with Gasteiger partial charge in [-0.2, -0.15) is 11.3 Å². The number of anilines is 1. The van der Waals surface area contributed by atoms with Gasteiger partial charge in [-0.15, -0.1) is 0 Å². The van der Waals surface area contributed by atoms with E-state index in [0.717, 1.165) is 25.2 Å². The summed E-state index contributed by atoms with van der Waals surface area (Å²) >= 11 is 1.77. The zero-order valence-corrected chi connectivity index (χ0v) is 12.5. The summed E-state index contributed by atoms with van der Waals surface area (Å²) in [6, 6.07) is 11.0. The molecule has 102 valence electrons. The lowest BCUT2D eigenvalue weighted by Crippen LogP contribution is -2.32. The quantitative estimate of drug-likeness (QED) is 0.812. The molecule has 0 aliphatic carbocycles. The third-order valence-corrected chi connectivity index (χ3v) is 4.10. The molecule has 0 aliphatic rings. The highest BCUT2D eigenvalue weighted by Gasteiger charge is 2.10. The van der Waals surface area contributed by atoms with Crippen molar-refractivity contribution in [3.63, 3.8) is 0 Å². The SMILES string of the molecule is CC(C)N(CCc1ccsc1)Cc1ccc(N)cc1. The molecule has 0 unspecified atom stereocenters. The van der Waals surface area contributed by atoms with Crippen molar-refractivity contribution in [3.05, 3.63) is 52.2 Å². The maximum Gasteiger partial charge on any atom is 0.0314 e. The van der Waals surface area contributed by atoms with Crippen LogP contribution in [0.3, 0.4) is 0 Å². The van der Waals surface area contributed by atoms with Crippen LogP contribution in [0.15, 0.2) is 41.1 Å². The molecular formula is C16H22N2S. The Hall–Kier alpha value is -1.32. The smallest absolute Gasteiger partial charge is 0.0314 e. The molecule has 0 bridgehead atoms. The number of hydrogen-bond acceptors (Lipinski definition) is 3. The van der Waals surface area contributed by atoms with Crippen molar-refractivity contribution in [2.45, 2.75) is 32.9 Å². The molecule has 1 aromatic carbocycles. The normalized spacial score (nSPS) is 11.4. The molecule has 0 saturated heterocycles. The van der Waals surface area contributed by atoms with Gasteiger partial charge in [-0.1, -0.05) is 12.1 Å². The average molecular weight is 274 g/mol. The van der Waals surface area contributed by atoms with E-state index in [-0.39, 0.29) is 0 Å². The van der Waals surface area contributed by atoms with Crippen LogP contribution >= 0.6 is 11.3 Å². The first-order valence-corrected chi connectivity index (χ1v) is 7.69.